The number of aromatic nitrogens is 2. The second-order valence-electron chi connectivity index (χ2n) is 6.07. The van der Waals surface area contributed by atoms with E-state index in [-0.39, 0.29) is 6.04 Å². The molecule has 0 spiro atoms. The highest BCUT2D eigenvalue weighted by molar-refractivity contribution is 14.1. The van der Waals surface area contributed by atoms with Gasteiger partial charge in [0.25, 0.3) is 0 Å². The Morgan fingerprint density at radius 3 is 2.44 bits per heavy atom. The smallest absolute Gasteiger partial charge is 0.0791 e. The van der Waals surface area contributed by atoms with Crippen molar-refractivity contribution in [1.82, 2.24) is 9.97 Å². The SMILES string of the molecule is Cc1[nH]c2ccccc2c1[C@H](Nc1ccc(I)cc1)c1ccncc1. The number of halogens is 1. The number of nitrogens with zero attached hydrogens (tertiary/aromatic N) is 1. The van der Waals surface area contributed by atoms with Gasteiger partial charge < -0.3 is 10.3 Å². The molecule has 0 saturated heterocycles. The molecule has 4 heteroatoms. The normalized spacial score (nSPS) is 12.2. The van der Waals surface area contributed by atoms with Crippen molar-refractivity contribution < 1.29 is 0 Å². The summed E-state index contributed by atoms with van der Waals surface area (Å²) in [5.74, 6) is 0. The number of hydrogen-bond donors (Lipinski definition) is 2. The van der Waals surface area contributed by atoms with Gasteiger partial charge in [-0.15, -0.1) is 0 Å². The first-order valence-electron chi connectivity index (χ1n) is 8.21. The second-order valence-corrected chi connectivity index (χ2v) is 7.32. The monoisotopic (exact) mass is 439 g/mol. The van der Waals surface area contributed by atoms with E-state index < -0.39 is 0 Å². The molecule has 0 saturated carbocycles. The summed E-state index contributed by atoms with van der Waals surface area (Å²) in [4.78, 5) is 7.69. The molecule has 2 heterocycles. The topological polar surface area (TPSA) is 40.7 Å². The zero-order valence-electron chi connectivity index (χ0n) is 13.8. The van der Waals surface area contributed by atoms with Crippen LogP contribution < -0.4 is 5.32 Å². The first-order chi connectivity index (χ1) is 12.2. The summed E-state index contributed by atoms with van der Waals surface area (Å²) in [6.45, 7) is 2.14. The molecule has 124 valence electrons. The number of pyridine rings is 1. The van der Waals surface area contributed by atoms with Gasteiger partial charge in [-0.05, 0) is 77.5 Å². The predicted octanol–water partition coefficient (Wildman–Crippen LogP) is 5.68. The number of nitrogens with one attached hydrogen (secondary N) is 2. The third-order valence-corrected chi connectivity index (χ3v) is 5.15. The fraction of sp³-hybridized carbons (Fsp3) is 0.0952. The van der Waals surface area contributed by atoms with Crippen molar-refractivity contribution in [2.45, 2.75) is 13.0 Å². The molecule has 0 aliphatic rings. The second kappa shape index (κ2) is 6.88. The van der Waals surface area contributed by atoms with Crippen LogP contribution in [0.1, 0.15) is 22.9 Å². The summed E-state index contributed by atoms with van der Waals surface area (Å²) in [5, 5.41) is 4.96. The first kappa shape index (κ1) is 16.1. The Hall–Kier alpha value is -2.34. The van der Waals surface area contributed by atoms with Gasteiger partial charge >= 0.3 is 0 Å². The van der Waals surface area contributed by atoms with E-state index >= 15 is 0 Å². The Balaban J connectivity index is 1.85. The summed E-state index contributed by atoms with van der Waals surface area (Å²) in [7, 11) is 0. The van der Waals surface area contributed by atoms with Gasteiger partial charge in [0.2, 0.25) is 0 Å². The van der Waals surface area contributed by atoms with Crippen molar-refractivity contribution in [1.29, 1.82) is 0 Å². The lowest BCUT2D eigenvalue weighted by Crippen LogP contribution is -2.13. The maximum Gasteiger partial charge on any atom is 0.0791 e. The Labute approximate surface area is 160 Å². The molecule has 2 aromatic heterocycles. The number of para-hydroxylation sites is 1. The standard InChI is InChI=1S/C21H18IN3/c1-14-20(18-4-2-3-5-19(18)24-14)21(15-10-12-23-13-11-15)25-17-8-6-16(22)7-9-17/h2-13,21,24-25H,1H3/t21-/m1/s1. The summed E-state index contributed by atoms with van der Waals surface area (Å²) in [5.41, 5.74) is 5.92. The maximum atomic E-state index is 4.18. The van der Waals surface area contributed by atoms with Crippen LogP contribution in [0.4, 0.5) is 5.69 Å². The number of benzene rings is 2. The van der Waals surface area contributed by atoms with Crippen LogP contribution in [-0.4, -0.2) is 9.97 Å². The number of aromatic amines is 1. The molecule has 0 bridgehead atoms. The summed E-state index contributed by atoms with van der Waals surface area (Å²) >= 11 is 2.33. The van der Waals surface area contributed by atoms with Gasteiger partial charge in [-0.2, -0.15) is 0 Å². The fourth-order valence-corrected chi connectivity index (χ4v) is 3.62. The van der Waals surface area contributed by atoms with Crippen LogP contribution in [0.2, 0.25) is 0 Å². The average molecular weight is 439 g/mol. The van der Waals surface area contributed by atoms with Crippen molar-refractivity contribution in [2.75, 3.05) is 5.32 Å². The molecule has 4 rings (SSSR count). The summed E-state index contributed by atoms with van der Waals surface area (Å²) < 4.78 is 1.23. The van der Waals surface area contributed by atoms with Gasteiger partial charge in [0.05, 0.1) is 6.04 Å². The lowest BCUT2D eigenvalue weighted by Gasteiger charge is -2.21. The largest absolute Gasteiger partial charge is 0.374 e. The molecule has 0 fully saturated rings. The van der Waals surface area contributed by atoms with E-state index in [0.29, 0.717) is 0 Å². The molecule has 2 N–H and O–H groups in total. The molecule has 0 aliphatic heterocycles. The van der Waals surface area contributed by atoms with Gasteiger partial charge in [-0.3, -0.25) is 4.98 Å². The fourth-order valence-electron chi connectivity index (χ4n) is 3.26. The Bertz CT molecular complexity index is 991. The highest BCUT2D eigenvalue weighted by atomic mass is 127. The molecular formula is C21H18IN3. The number of H-pyrrole nitrogens is 1. The van der Waals surface area contributed by atoms with Gasteiger partial charge in [0.15, 0.2) is 0 Å². The van der Waals surface area contributed by atoms with Crippen LogP contribution in [0.5, 0.6) is 0 Å². The van der Waals surface area contributed by atoms with Crippen LogP contribution in [0.15, 0.2) is 73.1 Å². The van der Waals surface area contributed by atoms with E-state index in [9.17, 15) is 0 Å². The van der Waals surface area contributed by atoms with E-state index in [2.05, 4.69) is 105 Å². The van der Waals surface area contributed by atoms with Crippen molar-refractivity contribution in [3.05, 3.63) is 93.4 Å². The molecule has 25 heavy (non-hydrogen) atoms. The number of rotatable bonds is 4. The van der Waals surface area contributed by atoms with E-state index in [4.69, 9.17) is 0 Å². The molecule has 0 unspecified atom stereocenters. The lowest BCUT2D eigenvalue weighted by atomic mass is 9.96. The van der Waals surface area contributed by atoms with Crippen LogP contribution in [0.25, 0.3) is 10.9 Å². The number of aryl methyl sites for hydroxylation is 1. The zero-order chi connectivity index (χ0) is 17.2. The maximum absolute atomic E-state index is 4.18. The third kappa shape index (κ3) is 3.26. The first-order valence-corrected chi connectivity index (χ1v) is 9.29. The minimum absolute atomic E-state index is 0.0548. The van der Waals surface area contributed by atoms with Crippen LogP contribution in [0, 0.1) is 10.5 Å². The predicted molar refractivity (Wildman–Crippen MR) is 112 cm³/mol. The van der Waals surface area contributed by atoms with Crippen molar-refractivity contribution in [3.8, 4) is 0 Å². The zero-order valence-corrected chi connectivity index (χ0v) is 16.0. The van der Waals surface area contributed by atoms with E-state index in [1.807, 2.05) is 12.4 Å². The molecule has 2 aromatic carbocycles. The van der Waals surface area contributed by atoms with Crippen LogP contribution >= 0.6 is 22.6 Å². The van der Waals surface area contributed by atoms with Crippen molar-refractivity contribution in [3.63, 3.8) is 0 Å². The third-order valence-electron chi connectivity index (χ3n) is 4.43. The highest BCUT2D eigenvalue weighted by Gasteiger charge is 2.20. The minimum Gasteiger partial charge on any atom is -0.374 e. The molecule has 0 radical (unpaired) electrons. The molecule has 4 aromatic rings. The number of hydrogen-bond acceptors (Lipinski definition) is 2. The highest BCUT2D eigenvalue weighted by Crippen LogP contribution is 2.34. The van der Waals surface area contributed by atoms with Gasteiger partial charge in [0.1, 0.15) is 0 Å². The Morgan fingerprint density at radius 2 is 1.68 bits per heavy atom. The van der Waals surface area contributed by atoms with Crippen LogP contribution in [0.3, 0.4) is 0 Å². The number of anilines is 1. The molecule has 0 amide bonds. The van der Waals surface area contributed by atoms with Gasteiger partial charge in [-0.1, -0.05) is 18.2 Å². The lowest BCUT2D eigenvalue weighted by molar-refractivity contribution is 0.928. The molecular weight excluding hydrogens is 421 g/mol. The van der Waals surface area contributed by atoms with Gasteiger partial charge in [0, 0.05) is 43.8 Å². The molecule has 1 atom stereocenters. The quantitative estimate of drug-likeness (QED) is 0.402. The Morgan fingerprint density at radius 1 is 0.960 bits per heavy atom. The average Bonchev–Trinajstić information content (AvgIpc) is 2.98. The van der Waals surface area contributed by atoms with E-state index in [1.165, 1.54) is 31.3 Å². The van der Waals surface area contributed by atoms with E-state index in [0.717, 1.165) is 5.69 Å². The summed E-state index contributed by atoms with van der Waals surface area (Å²) in [6, 6.07) is 21.2. The summed E-state index contributed by atoms with van der Waals surface area (Å²) in [6.07, 6.45) is 3.70. The van der Waals surface area contributed by atoms with Crippen molar-refractivity contribution >= 4 is 39.2 Å². The number of fused-ring (bicyclic) bond motifs is 1. The van der Waals surface area contributed by atoms with Crippen molar-refractivity contribution in [2.24, 2.45) is 0 Å². The molecule has 0 aliphatic carbocycles. The Kier molecular flexibility index (Phi) is 4.44. The molecule has 3 nitrogen and oxygen atoms in total. The van der Waals surface area contributed by atoms with Gasteiger partial charge in [-0.25, -0.2) is 0 Å². The minimum atomic E-state index is 0.0548. The van der Waals surface area contributed by atoms with E-state index in [1.54, 1.807) is 0 Å². The van der Waals surface area contributed by atoms with Crippen LogP contribution in [-0.2, 0) is 0 Å².